The van der Waals surface area contributed by atoms with Crippen LogP contribution in [0.25, 0.3) is 0 Å². The van der Waals surface area contributed by atoms with Crippen molar-refractivity contribution in [3.8, 4) is 11.5 Å². The second-order valence-electron chi connectivity index (χ2n) is 6.49. The molecule has 0 saturated heterocycles. The third-order valence-corrected chi connectivity index (χ3v) is 5.12. The van der Waals surface area contributed by atoms with E-state index in [-0.39, 0.29) is 0 Å². The maximum absolute atomic E-state index is 6.35. The number of anilines is 5. The molecule has 7 nitrogen and oxygen atoms in total. The third-order valence-electron chi connectivity index (χ3n) is 4.42. The van der Waals surface area contributed by atoms with Gasteiger partial charge in [0.1, 0.15) is 16.5 Å². The Hall–Kier alpha value is -2.84. The lowest BCUT2D eigenvalue weighted by Gasteiger charge is -2.16. The van der Waals surface area contributed by atoms with Gasteiger partial charge in [-0.2, -0.15) is 4.98 Å². The van der Waals surface area contributed by atoms with Crippen molar-refractivity contribution in [3.63, 3.8) is 0 Å². The highest BCUT2D eigenvalue weighted by atomic mass is 35.5. The summed E-state index contributed by atoms with van der Waals surface area (Å²) >= 11 is 7.83. The molecule has 0 aliphatic rings. The molecule has 30 heavy (non-hydrogen) atoms. The lowest BCUT2D eigenvalue weighted by molar-refractivity contribution is 0.411. The predicted molar refractivity (Wildman–Crippen MR) is 126 cm³/mol. The fraction of sp³-hybridized carbons (Fsp3) is 0.238. The topological polar surface area (TPSA) is 80.3 Å². The lowest BCUT2D eigenvalue weighted by Crippen LogP contribution is -2.04. The van der Waals surface area contributed by atoms with Crippen LogP contribution in [0, 0.1) is 13.8 Å². The van der Waals surface area contributed by atoms with Crippen LogP contribution < -0.4 is 24.8 Å². The van der Waals surface area contributed by atoms with Crippen molar-refractivity contribution in [1.29, 1.82) is 0 Å². The zero-order valence-corrected chi connectivity index (χ0v) is 19.0. The van der Waals surface area contributed by atoms with E-state index in [1.54, 1.807) is 20.4 Å². The van der Waals surface area contributed by atoms with Gasteiger partial charge in [-0.1, -0.05) is 23.5 Å². The van der Waals surface area contributed by atoms with E-state index in [1.807, 2.05) is 50.4 Å². The molecule has 1 aromatic heterocycles. The average Bonchev–Trinajstić information content (AvgIpc) is 2.74. The Bertz CT molecular complexity index is 1050. The summed E-state index contributed by atoms with van der Waals surface area (Å²) in [6, 6.07) is 9.65. The Balaban J connectivity index is 1.89. The highest BCUT2D eigenvalue weighted by Crippen LogP contribution is 2.33. The molecule has 0 aliphatic heterocycles. The summed E-state index contributed by atoms with van der Waals surface area (Å²) < 4.78 is 13.9. The van der Waals surface area contributed by atoms with Crippen LogP contribution in [-0.4, -0.2) is 30.4 Å². The highest BCUT2D eigenvalue weighted by Gasteiger charge is 2.12. The number of nitrogens with one attached hydrogen (secondary N) is 3. The van der Waals surface area contributed by atoms with Gasteiger partial charge in [-0.3, -0.25) is 0 Å². The highest BCUT2D eigenvalue weighted by molar-refractivity contribution is 7.99. The van der Waals surface area contributed by atoms with Crippen molar-refractivity contribution >= 4 is 52.4 Å². The number of aromatic nitrogens is 2. The smallest absolute Gasteiger partial charge is 0.229 e. The third kappa shape index (κ3) is 5.01. The number of hydrogen-bond acceptors (Lipinski definition) is 8. The summed E-state index contributed by atoms with van der Waals surface area (Å²) in [6.07, 6.45) is 3.51. The van der Waals surface area contributed by atoms with Gasteiger partial charge in [-0.15, -0.1) is 0 Å². The number of halogens is 1. The molecule has 0 fully saturated rings. The molecule has 2 aromatic carbocycles. The normalized spacial score (nSPS) is 10.5. The van der Waals surface area contributed by atoms with Crippen LogP contribution in [0.5, 0.6) is 11.5 Å². The summed E-state index contributed by atoms with van der Waals surface area (Å²) in [7, 11) is 3.29. The van der Waals surface area contributed by atoms with Crippen molar-refractivity contribution in [2.24, 2.45) is 0 Å². The van der Waals surface area contributed by atoms with Gasteiger partial charge >= 0.3 is 0 Å². The largest absolute Gasteiger partial charge is 0.497 e. The molecule has 0 unspecified atom stereocenters. The molecule has 0 atom stereocenters. The van der Waals surface area contributed by atoms with E-state index >= 15 is 0 Å². The summed E-state index contributed by atoms with van der Waals surface area (Å²) in [5, 5.41) is 6.94. The molecule has 0 aliphatic carbocycles. The molecule has 0 bridgehead atoms. The fourth-order valence-corrected chi connectivity index (χ4v) is 3.39. The van der Waals surface area contributed by atoms with Crippen molar-refractivity contribution in [3.05, 3.63) is 52.7 Å². The summed E-state index contributed by atoms with van der Waals surface area (Å²) in [4.78, 5) is 8.87. The van der Waals surface area contributed by atoms with E-state index in [4.69, 9.17) is 21.1 Å². The quantitative estimate of drug-likeness (QED) is 0.367. The number of aryl methyl sites for hydroxylation is 2. The molecule has 3 rings (SSSR count). The van der Waals surface area contributed by atoms with E-state index in [1.165, 1.54) is 11.9 Å². The number of nitrogens with zero attached hydrogens (tertiary/aromatic N) is 2. The van der Waals surface area contributed by atoms with Crippen LogP contribution in [0.1, 0.15) is 11.1 Å². The molecule has 0 radical (unpaired) electrons. The van der Waals surface area contributed by atoms with Gasteiger partial charge in [0.2, 0.25) is 5.95 Å². The van der Waals surface area contributed by atoms with Gasteiger partial charge in [0.25, 0.3) is 0 Å². The molecule has 158 valence electrons. The van der Waals surface area contributed by atoms with Gasteiger partial charge in [-0.05, 0) is 49.2 Å². The van der Waals surface area contributed by atoms with Crippen LogP contribution in [0.2, 0.25) is 5.02 Å². The van der Waals surface area contributed by atoms with Gasteiger partial charge in [0, 0.05) is 18.0 Å². The van der Waals surface area contributed by atoms with E-state index in [2.05, 4.69) is 25.3 Å². The zero-order valence-electron chi connectivity index (χ0n) is 17.5. The van der Waals surface area contributed by atoms with Crippen LogP contribution in [0.4, 0.5) is 28.8 Å². The second kappa shape index (κ2) is 9.77. The summed E-state index contributed by atoms with van der Waals surface area (Å²) in [6.45, 7) is 3.99. The molecule has 0 saturated carbocycles. The Kier molecular flexibility index (Phi) is 7.12. The summed E-state index contributed by atoms with van der Waals surface area (Å²) in [5.41, 5.74) is 4.60. The van der Waals surface area contributed by atoms with Gasteiger partial charge in [-0.25, -0.2) is 4.98 Å². The first-order valence-electron chi connectivity index (χ1n) is 9.14. The van der Waals surface area contributed by atoms with Crippen LogP contribution in [-0.2, 0) is 0 Å². The number of benzene rings is 2. The van der Waals surface area contributed by atoms with Gasteiger partial charge in [0.05, 0.1) is 31.8 Å². The van der Waals surface area contributed by atoms with E-state index in [0.29, 0.717) is 16.8 Å². The van der Waals surface area contributed by atoms with E-state index < -0.39 is 0 Å². The number of ether oxygens (including phenoxy) is 2. The number of methoxy groups -OCH3 is 2. The molecule has 0 spiro atoms. The second-order valence-corrected chi connectivity index (χ2v) is 7.51. The Morgan fingerprint density at radius 2 is 1.73 bits per heavy atom. The first-order valence-corrected chi connectivity index (χ1v) is 10.7. The van der Waals surface area contributed by atoms with Crippen LogP contribution in [0.15, 0.2) is 36.5 Å². The Labute approximate surface area is 185 Å². The number of rotatable bonds is 8. The van der Waals surface area contributed by atoms with Crippen molar-refractivity contribution in [2.45, 2.75) is 13.8 Å². The van der Waals surface area contributed by atoms with Crippen molar-refractivity contribution < 1.29 is 9.47 Å². The molecule has 3 N–H and O–H groups in total. The SMILES string of the molecule is COc1ccc(Nc2nc(Nc3cc(C)c(OC)cc3C)ncc2Cl)c(NSC)c1. The zero-order chi connectivity index (χ0) is 21.7. The number of hydrogen-bond donors (Lipinski definition) is 3. The minimum Gasteiger partial charge on any atom is -0.497 e. The average molecular weight is 446 g/mol. The molecule has 3 aromatic rings. The Morgan fingerprint density at radius 1 is 0.933 bits per heavy atom. The maximum Gasteiger partial charge on any atom is 0.229 e. The fourth-order valence-electron chi connectivity index (χ4n) is 2.86. The van der Waals surface area contributed by atoms with Crippen molar-refractivity contribution in [1.82, 2.24) is 9.97 Å². The first kappa shape index (κ1) is 21.9. The minimum atomic E-state index is 0.411. The molecule has 1 heterocycles. The van der Waals surface area contributed by atoms with Crippen LogP contribution >= 0.6 is 23.5 Å². The Morgan fingerprint density at radius 3 is 2.43 bits per heavy atom. The minimum absolute atomic E-state index is 0.411. The van der Waals surface area contributed by atoms with Crippen molar-refractivity contribution in [2.75, 3.05) is 35.8 Å². The standard InChI is InChI=1S/C21H24ClN5O2S/c1-12-9-19(29-4)13(2)8-17(12)25-21-23-11-15(22)20(26-21)24-16-7-6-14(28-3)10-18(16)27-30-5/h6-11,27H,1-5H3,(H2,23,24,25,26). The lowest BCUT2D eigenvalue weighted by atomic mass is 10.1. The molecular formula is C21H24ClN5O2S. The monoisotopic (exact) mass is 445 g/mol. The predicted octanol–water partition coefficient (Wildman–Crippen LogP) is 5.94. The van der Waals surface area contributed by atoms with Gasteiger partial charge in [0.15, 0.2) is 5.82 Å². The van der Waals surface area contributed by atoms with Gasteiger partial charge < -0.3 is 24.8 Å². The van der Waals surface area contributed by atoms with Crippen LogP contribution in [0.3, 0.4) is 0 Å². The van der Waals surface area contributed by atoms with E-state index in [0.717, 1.165) is 39.7 Å². The summed E-state index contributed by atoms with van der Waals surface area (Å²) in [5.74, 6) is 2.51. The maximum atomic E-state index is 6.35. The molecular weight excluding hydrogens is 422 g/mol. The van der Waals surface area contributed by atoms with E-state index in [9.17, 15) is 0 Å². The molecule has 9 heteroatoms. The first-order chi connectivity index (χ1) is 14.4. The molecule has 0 amide bonds.